The molecule has 20 heavy (non-hydrogen) atoms. The third kappa shape index (κ3) is 2.15. The van der Waals surface area contributed by atoms with Crippen LogP contribution in [0, 0.1) is 6.92 Å². The van der Waals surface area contributed by atoms with Crippen molar-refractivity contribution in [3.05, 3.63) is 41.3 Å². The van der Waals surface area contributed by atoms with Crippen molar-refractivity contribution < 1.29 is 14.1 Å². The van der Waals surface area contributed by atoms with E-state index < -0.39 is 0 Å². The van der Waals surface area contributed by atoms with Gasteiger partial charge in [-0.15, -0.1) is 0 Å². The van der Waals surface area contributed by atoms with E-state index in [2.05, 4.69) is 5.16 Å². The van der Waals surface area contributed by atoms with E-state index in [1.54, 1.807) is 25.0 Å². The summed E-state index contributed by atoms with van der Waals surface area (Å²) in [5.74, 6) is 0.955. The van der Waals surface area contributed by atoms with E-state index in [-0.39, 0.29) is 11.7 Å². The summed E-state index contributed by atoms with van der Waals surface area (Å²) >= 11 is 0. The van der Waals surface area contributed by atoms with E-state index >= 15 is 0 Å². The van der Waals surface area contributed by atoms with Crippen molar-refractivity contribution in [2.45, 2.75) is 19.8 Å². The highest BCUT2D eigenvalue weighted by atomic mass is 16.5. The number of rotatable bonds is 2. The largest absolute Gasteiger partial charge is 0.497 e. The minimum atomic E-state index is -0.142. The van der Waals surface area contributed by atoms with Crippen molar-refractivity contribution in [3.8, 4) is 5.75 Å². The molecular formula is C15H16N2O3. The van der Waals surface area contributed by atoms with Gasteiger partial charge in [0.25, 0.3) is 5.91 Å². The molecule has 3 rings (SSSR count). The SMILES string of the molecule is COc1ccc2c(c1)CCCN2C(=O)c1cc(C)no1. The number of nitrogens with zero attached hydrogens (tertiary/aromatic N) is 2. The zero-order chi connectivity index (χ0) is 14.1. The van der Waals surface area contributed by atoms with Crippen LogP contribution < -0.4 is 9.64 Å². The normalized spacial score (nSPS) is 14.0. The first-order chi connectivity index (χ1) is 9.69. The monoisotopic (exact) mass is 272 g/mol. The summed E-state index contributed by atoms with van der Waals surface area (Å²) in [6.45, 7) is 2.49. The van der Waals surface area contributed by atoms with E-state index in [0.717, 1.165) is 29.8 Å². The molecular weight excluding hydrogens is 256 g/mol. The van der Waals surface area contributed by atoms with E-state index in [4.69, 9.17) is 9.26 Å². The average molecular weight is 272 g/mol. The van der Waals surface area contributed by atoms with E-state index in [9.17, 15) is 4.79 Å². The van der Waals surface area contributed by atoms with Gasteiger partial charge in [-0.3, -0.25) is 4.79 Å². The molecule has 1 amide bonds. The van der Waals surface area contributed by atoms with Gasteiger partial charge in [0.2, 0.25) is 5.76 Å². The van der Waals surface area contributed by atoms with Gasteiger partial charge in [-0.2, -0.15) is 0 Å². The molecule has 2 aromatic rings. The van der Waals surface area contributed by atoms with Crippen LogP contribution in [0.4, 0.5) is 5.69 Å². The van der Waals surface area contributed by atoms with Crippen LogP contribution in [0.3, 0.4) is 0 Å². The second kappa shape index (κ2) is 5.00. The van der Waals surface area contributed by atoms with Crippen molar-refractivity contribution in [1.29, 1.82) is 0 Å². The van der Waals surface area contributed by atoms with Gasteiger partial charge in [0.05, 0.1) is 12.8 Å². The maximum absolute atomic E-state index is 12.5. The Morgan fingerprint density at radius 1 is 1.40 bits per heavy atom. The Morgan fingerprint density at radius 3 is 2.95 bits per heavy atom. The highest BCUT2D eigenvalue weighted by molar-refractivity contribution is 6.04. The highest BCUT2D eigenvalue weighted by Crippen LogP contribution is 2.31. The van der Waals surface area contributed by atoms with Crippen LogP contribution in [0.2, 0.25) is 0 Å². The third-order valence-corrected chi connectivity index (χ3v) is 3.49. The number of anilines is 1. The third-order valence-electron chi connectivity index (χ3n) is 3.49. The van der Waals surface area contributed by atoms with Crippen molar-refractivity contribution in [2.75, 3.05) is 18.6 Å². The lowest BCUT2D eigenvalue weighted by Gasteiger charge is -2.28. The maximum Gasteiger partial charge on any atom is 0.296 e. The molecule has 1 aliphatic heterocycles. The Hall–Kier alpha value is -2.30. The molecule has 1 aromatic carbocycles. The molecule has 0 atom stereocenters. The Kier molecular flexibility index (Phi) is 3.18. The number of ether oxygens (including phenoxy) is 1. The average Bonchev–Trinajstić information content (AvgIpc) is 2.91. The molecule has 0 fully saturated rings. The first-order valence-electron chi connectivity index (χ1n) is 6.61. The molecule has 0 N–H and O–H groups in total. The highest BCUT2D eigenvalue weighted by Gasteiger charge is 2.26. The van der Waals surface area contributed by atoms with Crippen molar-refractivity contribution in [2.24, 2.45) is 0 Å². The number of aryl methyl sites for hydroxylation is 2. The predicted octanol–water partition coefficient (Wildman–Crippen LogP) is 2.58. The van der Waals surface area contributed by atoms with Crippen LogP contribution >= 0.6 is 0 Å². The number of methoxy groups -OCH3 is 1. The summed E-state index contributed by atoms with van der Waals surface area (Å²) in [6.07, 6.45) is 1.88. The summed E-state index contributed by atoms with van der Waals surface area (Å²) in [6, 6.07) is 7.45. The van der Waals surface area contributed by atoms with E-state index in [1.807, 2.05) is 18.2 Å². The standard InChI is InChI=1S/C15H16N2O3/c1-10-8-14(20-16-10)15(18)17-7-3-4-11-9-12(19-2)5-6-13(11)17/h5-6,8-9H,3-4,7H2,1-2H3. The fraction of sp³-hybridized carbons (Fsp3) is 0.333. The first kappa shape index (κ1) is 12.7. The molecule has 0 aliphatic carbocycles. The number of hydrogen-bond acceptors (Lipinski definition) is 4. The number of aromatic nitrogens is 1. The number of amides is 1. The molecule has 5 heteroatoms. The van der Waals surface area contributed by atoms with E-state index in [0.29, 0.717) is 12.2 Å². The summed E-state index contributed by atoms with van der Waals surface area (Å²) in [4.78, 5) is 14.2. The van der Waals surface area contributed by atoms with Crippen LogP contribution in [-0.2, 0) is 6.42 Å². The molecule has 1 aliphatic rings. The zero-order valence-corrected chi connectivity index (χ0v) is 11.5. The number of hydrogen-bond donors (Lipinski definition) is 0. The molecule has 1 aromatic heterocycles. The molecule has 2 heterocycles. The Labute approximate surface area is 117 Å². The van der Waals surface area contributed by atoms with Crippen LogP contribution in [-0.4, -0.2) is 24.7 Å². The van der Waals surface area contributed by atoms with Gasteiger partial charge < -0.3 is 14.2 Å². The lowest BCUT2D eigenvalue weighted by molar-refractivity contribution is 0.0949. The minimum Gasteiger partial charge on any atom is -0.497 e. The van der Waals surface area contributed by atoms with E-state index in [1.165, 1.54) is 0 Å². The minimum absolute atomic E-state index is 0.142. The molecule has 104 valence electrons. The number of benzene rings is 1. The summed E-state index contributed by atoms with van der Waals surface area (Å²) < 4.78 is 10.3. The number of fused-ring (bicyclic) bond motifs is 1. The summed E-state index contributed by atoms with van der Waals surface area (Å²) in [5, 5.41) is 3.77. The lowest BCUT2D eigenvalue weighted by Crippen LogP contribution is -2.35. The van der Waals surface area contributed by atoms with Gasteiger partial charge in [0.15, 0.2) is 0 Å². The van der Waals surface area contributed by atoms with Crippen molar-refractivity contribution in [1.82, 2.24) is 5.16 Å². The van der Waals surface area contributed by atoms with Gasteiger partial charge in [-0.1, -0.05) is 5.16 Å². The smallest absolute Gasteiger partial charge is 0.296 e. The van der Waals surface area contributed by atoms with Crippen LogP contribution in [0.15, 0.2) is 28.8 Å². The molecule has 0 saturated heterocycles. The second-order valence-corrected chi connectivity index (χ2v) is 4.89. The fourth-order valence-electron chi connectivity index (χ4n) is 2.51. The quantitative estimate of drug-likeness (QED) is 0.843. The topological polar surface area (TPSA) is 55.6 Å². The maximum atomic E-state index is 12.5. The summed E-state index contributed by atoms with van der Waals surface area (Å²) in [7, 11) is 1.64. The molecule has 0 spiro atoms. The second-order valence-electron chi connectivity index (χ2n) is 4.89. The number of carbonyl (C=O) groups excluding carboxylic acids is 1. The number of carbonyl (C=O) groups is 1. The van der Waals surface area contributed by atoms with Crippen molar-refractivity contribution >= 4 is 11.6 Å². The van der Waals surface area contributed by atoms with Gasteiger partial charge in [0.1, 0.15) is 5.75 Å². The lowest BCUT2D eigenvalue weighted by atomic mass is 10.0. The molecule has 0 bridgehead atoms. The fourth-order valence-corrected chi connectivity index (χ4v) is 2.51. The Balaban J connectivity index is 1.95. The van der Waals surface area contributed by atoms with Gasteiger partial charge in [-0.25, -0.2) is 0 Å². The van der Waals surface area contributed by atoms with Gasteiger partial charge in [-0.05, 0) is 43.5 Å². The summed E-state index contributed by atoms with van der Waals surface area (Å²) in [5.41, 5.74) is 2.76. The predicted molar refractivity (Wildman–Crippen MR) is 74.2 cm³/mol. The van der Waals surface area contributed by atoms with Gasteiger partial charge in [0, 0.05) is 18.3 Å². The van der Waals surface area contributed by atoms with Crippen molar-refractivity contribution in [3.63, 3.8) is 0 Å². The van der Waals surface area contributed by atoms with Crippen LogP contribution in [0.25, 0.3) is 0 Å². The van der Waals surface area contributed by atoms with Crippen LogP contribution in [0.5, 0.6) is 5.75 Å². The molecule has 0 saturated carbocycles. The van der Waals surface area contributed by atoms with Gasteiger partial charge >= 0.3 is 0 Å². The molecule has 5 nitrogen and oxygen atoms in total. The molecule has 0 radical (unpaired) electrons. The Morgan fingerprint density at radius 2 is 2.25 bits per heavy atom. The van der Waals surface area contributed by atoms with Crippen LogP contribution in [0.1, 0.15) is 28.2 Å². The first-order valence-corrected chi connectivity index (χ1v) is 6.61. The Bertz CT molecular complexity index is 648. The molecule has 0 unspecified atom stereocenters. The zero-order valence-electron chi connectivity index (χ0n) is 11.5.